The molecule has 26 heavy (non-hydrogen) atoms. The van der Waals surface area contributed by atoms with Crippen LogP contribution in [0.1, 0.15) is 51.5 Å². The molecule has 4 atom stereocenters. The highest BCUT2D eigenvalue weighted by molar-refractivity contribution is 5.85. The number of hydrogen-bond acceptors (Lipinski definition) is 2. The number of carbonyl (C=O) groups is 1. The maximum atomic E-state index is 13.8. The van der Waals surface area contributed by atoms with E-state index in [1.54, 1.807) is 0 Å². The maximum Gasteiger partial charge on any atom is 0.229 e. The topological polar surface area (TPSA) is 46.3 Å². The molecule has 0 spiro atoms. The van der Waals surface area contributed by atoms with Crippen molar-refractivity contribution < 1.29 is 4.79 Å². The highest BCUT2D eigenvalue weighted by Crippen LogP contribution is 2.58. The van der Waals surface area contributed by atoms with Gasteiger partial charge in [-0.1, -0.05) is 50.6 Å². The summed E-state index contributed by atoms with van der Waals surface area (Å²) in [5.74, 6) is 1.75. The van der Waals surface area contributed by atoms with E-state index >= 15 is 0 Å². The van der Waals surface area contributed by atoms with Gasteiger partial charge in [0.15, 0.2) is 0 Å². The summed E-state index contributed by atoms with van der Waals surface area (Å²) in [6.45, 7) is 6.06. The molecule has 2 saturated carbocycles. The molecule has 4 unspecified atom stereocenters. The van der Waals surface area contributed by atoms with Crippen LogP contribution in [-0.2, 0) is 11.2 Å². The lowest BCUT2D eigenvalue weighted by molar-refractivity contribution is -0.149. The van der Waals surface area contributed by atoms with Gasteiger partial charge in [-0.15, -0.1) is 12.4 Å². The molecule has 144 valence electrons. The summed E-state index contributed by atoms with van der Waals surface area (Å²) < 4.78 is 0. The first kappa shape index (κ1) is 19.7. The Morgan fingerprint density at radius 1 is 1.19 bits per heavy atom. The summed E-state index contributed by atoms with van der Waals surface area (Å²) in [4.78, 5) is 16.0. The lowest BCUT2D eigenvalue weighted by Gasteiger charge is -2.47. The Morgan fingerprint density at radius 2 is 1.92 bits per heavy atom. The molecule has 1 aliphatic heterocycles. The van der Waals surface area contributed by atoms with Crippen molar-refractivity contribution in [2.75, 3.05) is 13.1 Å². The second-order valence-electron chi connectivity index (χ2n) is 9.51. The first-order valence-corrected chi connectivity index (χ1v) is 10.00. The smallest absolute Gasteiger partial charge is 0.229 e. The van der Waals surface area contributed by atoms with E-state index in [2.05, 4.69) is 49.1 Å². The molecule has 4 rings (SSSR count). The highest BCUT2D eigenvalue weighted by atomic mass is 35.5. The zero-order chi connectivity index (χ0) is 17.7. The van der Waals surface area contributed by atoms with E-state index < -0.39 is 0 Å². The molecule has 3 aliphatic rings. The van der Waals surface area contributed by atoms with Crippen molar-refractivity contribution in [2.45, 2.75) is 58.4 Å². The summed E-state index contributed by atoms with van der Waals surface area (Å²) in [5, 5.41) is 0. The van der Waals surface area contributed by atoms with Crippen LogP contribution in [0.5, 0.6) is 0 Å². The molecule has 1 aromatic carbocycles. The van der Waals surface area contributed by atoms with Gasteiger partial charge < -0.3 is 10.6 Å². The second kappa shape index (κ2) is 7.16. The van der Waals surface area contributed by atoms with Crippen LogP contribution in [0.2, 0.25) is 0 Å². The number of hydrogen-bond donors (Lipinski definition) is 1. The number of piperidine rings is 1. The number of fused-ring (bicyclic) bond motifs is 2. The Bertz CT molecular complexity index is 647. The molecule has 2 aliphatic carbocycles. The number of benzene rings is 1. The van der Waals surface area contributed by atoms with Crippen molar-refractivity contribution in [3.63, 3.8) is 0 Å². The van der Waals surface area contributed by atoms with E-state index in [-0.39, 0.29) is 29.3 Å². The predicted molar refractivity (Wildman–Crippen MR) is 108 cm³/mol. The summed E-state index contributed by atoms with van der Waals surface area (Å²) in [5.41, 5.74) is 7.47. The third-order valence-corrected chi connectivity index (χ3v) is 7.36. The number of amides is 1. The molecule has 3 nitrogen and oxygen atoms in total. The van der Waals surface area contributed by atoms with E-state index in [0.717, 1.165) is 38.3 Å². The predicted octanol–water partition coefficient (Wildman–Crippen LogP) is 4.04. The van der Waals surface area contributed by atoms with Gasteiger partial charge >= 0.3 is 0 Å². The molecule has 1 heterocycles. The summed E-state index contributed by atoms with van der Waals surface area (Å²) >= 11 is 0. The van der Waals surface area contributed by atoms with Crippen molar-refractivity contribution in [3.8, 4) is 0 Å². The Balaban J connectivity index is 0.00000196. The average molecular weight is 377 g/mol. The van der Waals surface area contributed by atoms with Gasteiger partial charge in [0.05, 0.1) is 5.41 Å². The minimum Gasteiger partial charge on any atom is -0.342 e. The van der Waals surface area contributed by atoms with E-state index in [1.807, 2.05) is 0 Å². The van der Waals surface area contributed by atoms with Crippen LogP contribution in [0.25, 0.3) is 0 Å². The molecule has 3 fully saturated rings. The number of nitrogens with zero attached hydrogens (tertiary/aromatic N) is 1. The fourth-order valence-electron chi connectivity index (χ4n) is 5.82. The first-order valence-electron chi connectivity index (χ1n) is 10.00. The molecule has 2 N–H and O–H groups in total. The number of carbonyl (C=O) groups excluding carboxylic acids is 1. The second-order valence-corrected chi connectivity index (χ2v) is 9.51. The third kappa shape index (κ3) is 3.29. The van der Waals surface area contributed by atoms with Gasteiger partial charge in [-0.2, -0.15) is 0 Å². The van der Waals surface area contributed by atoms with Gasteiger partial charge in [0.25, 0.3) is 0 Å². The van der Waals surface area contributed by atoms with Gasteiger partial charge in [0.1, 0.15) is 0 Å². The molecule has 1 amide bonds. The van der Waals surface area contributed by atoms with Crippen molar-refractivity contribution in [3.05, 3.63) is 35.9 Å². The van der Waals surface area contributed by atoms with Crippen LogP contribution >= 0.6 is 12.4 Å². The van der Waals surface area contributed by atoms with Crippen LogP contribution < -0.4 is 5.73 Å². The highest BCUT2D eigenvalue weighted by Gasteiger charge is 2.57. The summed E-state index contributed by atoms with van der Waals surface area (Å²) in [6, 6.07) is 10.8. The molecule has 0 aromatic heterocycles. The van der Waals surface area contributed by atoms with E-state index in [4.69, 9.17) is 5.73 Å². The molecule has 4 heteroatoms. The van der Waals surface area contributed by atoms with Crippen LogP contribution in [0.15, 0.2) is 30.3 Å². The molecule has 2 bridgehead atoms. The number of rotatable bonds is 3. The molecule has 1 saturated heterocycles. The van der Waals surface area contributed by atoms with Crippen molar-refractivity contribution in [1.29, 1.82) is 0 Å². The van der Waals surface area contributed by atoms with E-state index in [1.165, 1.54) is 24.8 Å². The van der Waals surface area contributed by atoms with Crippen LogP contribution in [0, 0.1) is 22.7 Å². The standard InChI is InChI=1S/C22H32N2O.ClH/c1-21(2)15-24(11-10-19(21)23)20(25)22(13-16-6-4-3-5-7-16)14-17-8-9-18(22)12-17;/h3-7,17-19H,8-15,23H2,1-2H3;1H. The Hall–Kier alpha value is -1.06. The summed E-state index contributed by atoms with van der Waals surface area (Å²) in [6.07, 6.45) is 6.75. The van der Waals surface area contributed by atoms with Gasteiger partial charge in [0.2, 0.25) is 5.91 Å². The van der Waals surface area contributed by atoms with E-state index in [0.29, 0.717) is 11.8 Å². The zero-order valence-corrected chi connectivity index (χ0v) is 16.9. The van der Waals surface area contributed by atoms with E-state index in [9.17, 15) is 4.79 Å². The lowest BCUT2D eigenvalue weighted by Crippen LogP contribution is -2.58. The molecule has 1 aromatic rings. The summed E-state index contributed by atoms with van der Waals surface area (Å²) in [7, 11) is 0. The third-order valence-electron chi connectivity index (χ3n) is 7.36. The van der Waals surface area contributed by atoms with Crippen LogP contribution in [-0.4, -0.2) is 29.9 Å². The van der Waals surface area contributed by atoms with Crippen molar-refractivity contribution in [2.24, 2.45) is 28.4 Å². The molecule has 0 radical (unpaired) electrons. The average Bonchev–Trinajstić information content (AvgIpc) is 3.19. The molecular weight excluding hydrogens is 344 g/mol. The zero-order valence-electron chi connectivity index (χ0n) is 16.1. The van der Waals surface area contributed by atoms with Crippen LogP contribution in [0.4, 0.5) is 0 Å². The lowest BCUT2D eigenvalue weighted by atomic mass is 9.67. The molecular formula is C22H33ClN2O. The SMILES string of the molecule is CC1(C)CN(C(=O)C2(Cc3ccccc3)CC3CCC2C3)CCC1N.Cl. The Morgan fingerprint density at radius 3 is 2.50 bits per heavy atom. The largest absolute Gasteiger partial charge is 0.342 e. The number of likely N-dealkylation sites (tertiary alicyclic amines) is 1. The first-order chi connectivity index (χ1) is 11.9. The van der Waals surface area contributed by atoms with Crippen molar-refractivity contribution in [1.82, 2.24) is 4.90 Å². The normalized spacial score (nSPS) is 35.2. The fourth-order valence-corrected chi connectivity index (χ4v) is 5.82. The van der Waals surface area contributed by atoms with Gasteiger partial charge in [-0.05, 0) is 54.9 Å². The maximum absolute atomic E-state index is 13.8. The minimum absolute atomic E-state index is 0. The van der Waals surface area contributed by atoms with Crippen molar-refractivity contribution >= 4 is 18.3 Å². The van der Waals surface area contributed by atoms with Gasteiger partial charge in [-0.3, -0.25) is 4.79 Å². The van der Waals surface area contributed by atoms with Crippen LogP contribution in [0.3, 0.4) is 0 Å². The quantitative estimate of drug-likeness (QED) is 0.865. The number of nitrogens with two attached hydrogens (primary N) is 1. The minimum atomic E-state index is -0.165. The monoisotopic (exact) mass is 376 g/mol. The van der Waals surface area contributed by atoms with Gasteiger partial charge in [-0.25, -0.2) is 0 Å². The fraction of sp³-hybridized carbons (Fsp3) is 0.682. The Labute approximate surface area is 164 Å². The number of halogens is 1. The van der Waals surface area contributed by atoms with Gasteiger partial charge in [0, 0.05) is 19.1 Å². The Kier molecular flexibility index (Phi) is 5.43.